The molecule has 86 valence electrons. The lowest BCUT2D eigenvalue weighted by Crippen LogP contribution is -2.07. The van der Waals surface area contributed by atoms with Gasteiger partial charge < -0.3 is 9.47 Å². The van der Waals surface area contributed by atoms with Gasteiger partial charge in [-0.2, -0.15) is 0 Å². The maximum Gasteiger partial charge on any atom is 0.335 e. The van der Waals surface area contributed by atoms with Gasteiger partial charge in [0.15, 0.2) is 11.6 Å². The Morgan fingerprint density at radius 1 is 1.50 bits per heavy atom. The van der Waals surface area contributed by atoms with E-state index in [1.165, 1.54) is 19.2 Å². The largest absolute Gasteiger partial charge is 0.494 e. The molecule has 0 heterocycles. The van der Waals surface area contributed by atoms with Crippen LogP contribution in [0, 0.1) is 5.82 Å². The minimum absolute atomic E-state index is 0.134. The van der Waals surface area contributed by atoms with E-state index < -0.39 is 11.8 Å². The zero-order valence-electron chi connectivity index (χ0n) is 9.25. The number of esters is 1. The van der Waals surface area contributed by atoms with Gasteiger partial charge in [-0.25, -0.2) is 9.18 Å². The van der Waals surface area contributed by atoms with Crippen molar-refractivity contribution < 1.29 is 18.7 Å². The summed E-state index contributed by atoms with van der Waals surface area (Å²) in [5, 5.41) is 0. The second-order valence-corrected chi connectivity index (χ2v) is 3.04. The molecule has 0 saturated carbocycles. The highest BCUT2D eigenvalue weighted by Crippen LogP contribution is 2.29. The molecule has 0 radical (unpaired) electrons. The first-order chi connectivity index (χ1) is 7.63. The van der Waals surface area contributed by atoms with Crippen LogP contribution in [0.2, 0.25) is 0 Å². The molecule has 3 nitrogen and oxygen atoms in total. The number of hydrogen-bond acceptors (Lipinski definition) is 3. The number of ether oxygens (including phenoxy) is 2. The molecule has 0 spiro atoms. The predicted octanol–water partition coefficient (Wildman–Crippen LogP) is 2.49. The summed E-state index contributed by atoms with van der Waals surface area (Å²) in [4.78, 5) is 11.0. The summed E-state index contributed by atoms with van der Waals surface area (Å²) in [5.41, 5.74) is 0.314. The lowest BCUT2D eigenvalue weighted by atomic mass is 10.1. The highest BCUT2D eigenvalue weighted by molar-refractivity contribution is 5.83. The summed E-state index contributed by atoms with van der Waals surface area (Å²) in [6, 6.07) is 2.92. The third kappa shape index (κ3) is 2.39. The van der Waals surface area contributed by atoms with Gasteiger partial charge in [-0.3, -0.25) is 0 Å². The van der Waals surface area contributed by atoms with Gasteiger partial charge in [0.25, 0.3) is 0 Å². The zero-order chi connectivity index (χ0) is 12.1. The molecule has 0 fully saturated rings. The van der Waals surface area contributed by atoms with Crippen molar-refractivity contribution in [3.05, 3.63) is 36.2 Å². The van der Waals surface area contributed by atoms with E-state index in [-0.39, 0.29) is 11.5 Å². The first-order valence-electron chi connectivity index (χ1n) is 4.83. The smallest absolute Gasteiger partial charge is 0.335 e. The maximum atomic E-state index is 13.7. The van der Waals surface area contributed by atoms with E-state index in [9.17, 15) is 9.18 Å². The summed E-state index contributed by atoms with van der Waals surface area (Å²) in [7, 11) is 1.38. The number of benzene rings is 1. The number of hydrogen-bond donors (Lipinski definition) is 0. The summed E-state index contributed by atoms with van der Waals surface area (Å²) < 4.78 is 23.5. The fraction of sp³-hybridized carbons (Fsp3) is 0.250. The summed E-state index contributed by atoms with van der Waals surface area (Å²) in [5.74, 6) is -0.778. The third-order valence-corrected chi connectivity index (χ3v) is 2.12. The summed E-state index contributed by atoms with van der Waals surface area (Å²) in [6.45, 7) is 5.04. The van der Waals surface area contributed by atoms with Gasteiger partial charge in [-0.05, 0) is 18.6 Å². The summed E-state index contributed by atoms with van der Waals surface area (Å²) >= 11 is 0. The van der Waals surface area contributed by atoms with Crippen molar-refractivity contribution in [1.82, 2.24) is 0 Å². The Morgan fingerprint density at radius 3 is 2.62 bits per heavy atom. The van der Waals surface area contributed by atoms with Crippen LogP contribution in [0.1, 0.15) is 12.5 Å². The van der Waals surface area contributed by atoms with Crippen molar-refractivity contribution in [3.8, 4) is 11.5 Å². The molecule has 0 amide bonds. The highest BCUT2D eigenvalue weighted by Gasteiger charge is 2.14. The van der Waals surface area contributed by atoms with E-state index >= 15 is 0 Å². The van der Waals surface area contributed by atoms with Crippen molar-refractivity contribution >= 4 is 5.97 Å². The standard InChI is InChI=1S/C12H13FO3/c1-4-8-9(16-11(14)5-2)6-7-10(15-3)12(8)13/h5-7H,2,4H2,1,3H3. The minimum Gasteiger partial charge on any atom is -0.494 e. The average molecular weight is 224 g/mol. The van der Waals surface area contributed by atoms with Gasteiger partial charge in [-0.15, -0.1) is 0 Å². The molecule has 0 aromatic heterocycles. The molecule has 0 aliphatic rings. The second-order valence-electron chi connectivity index (χ2n) is 3.04. The molecule has 0 unspecified atom stereocenters. The lowest BCUT2D eigenvalue weighted by molar-refractivity contribution is -0.129. The molecule has 0 atom stereocenters. The van der Waals surface area contributed by atoms with E-state index in [1.54, 1.807) is 6.92 Å². The van der Waals surface area contributed by atoms with Gasteiger partial charge >= 0.3 is 5.97 Å². The molecule has 0 aliphatic carbocycles. The monoisotopic (exact) mass is 224 g/mol. The molecule has 1 aromatic carbocycles. The number of halogens is 1. The second kappa shape index (κ2) is 5.30. The SMILES string of the molecule is C=CC(=O)Oc1ccc(OC)c(F)c1CC. The van der Waals surface area contributed by atoms with Crippen LogP contribution >= 0.6 is 0 Å². The normalized spacial score (nSPS) is 9.69. The Labute approximate surface area is 93.5 Å². The lowest BCUT2D eigenvalue weighted by Gasteiger charge is -2.10. The molecule has 16 heavy (non-hydrogen) atoms. The van der Waals surface area contributed by atoms with Crippen LogP contribution in [-0.4, -0.2) is 13.1 Å². The van der Waals surface area contributed by atoms with Crippen molar-refractivity contribution in [2.75, 3.05) is 7.11 Å². The number of carbonyl (C=O) groups is 1. The number of carbonyl (C=O) groups excluding carboxylic acids is 1. The van der Waals surface area contributed by atoms with Gasteiger partial charge in [0.1, 0.15) is 5.75 Å². The molecule has 1 aromatic rings. The first-order valence-corrected chi connectivity index (χ1v) is 4.83. The number of methoxy groups -OCH3 is 1. The van der Waals surface area contributed by atoms with E-state index in [4.69, 9.17) is 9.47 Å². The molecule has 0 saturated heterocycles. The van der Waals surface area contributed by atoms with Crippen LogP contribution in [0.4, 0.5) is 4.39 Å². The Kier molecular flexibility index (Phi) is 4.05. The van der Waals surface area contributed by atoms with Crippen LogP contribution in [0.3, 0.4) is 0 Å². The third-order valence-electron chi connectivity index (χ3n) is 2.12. The topological polar surface area (TPSA) is 35.5 Å². The average Bonchev–Trinajstić information content (AvgIpc) is 2.29. The van der Waals surface area contributed by atoms with Crippen molar-refractivity contribution in [2.24, 2.45) is 0 Å². The molecule has 0 N–H and O–H groups in total. The van der Waals surface area contributed by atoms with Crippen molar-refractivity contribution in [3.63, 3.8) is 0 Å². The molecule has 1 rings (SSSR count). The van der Waals surface area contributed by atoms with Crippen LogP contribution in [0.25, 0.3) is 0 Å². The fourth-order valence-corrected chi connectivity index (χ4v) is 1.31. The van der Waals surface area contributed by atoms with E-state index in [2.05, 4.69) is 6.58 Å². The van der Waals surface area contributed by atoms with Gasteiger partial charge in [0.05, 0.1) is 7.11 Å². The van der Waals surface area contributed by atoms with Crippen LogP contribution in [0.15, 0.2) is 24.8 Å². The minimum atomic E-state index is -0.612. The highest BCUT2D eigenvalue weighted by atomic mass is 19.1. The van der Waals surface area contributed by atoms with Crippen LogP contribution in [0.5, 0.6) is 11.5 Å². The quantitative estimate of drug-likeness (QED) is 0.448. The first kappa shape index (κ1) is 12.2. The van der Waals surface area contributed by atoms with Crippen LogP contribution < -0.4 is 9.47 Å². The Bertz CT molecular complexity index is 413. The molecule has 0 aliphatic heterocycles. The molecular weight excluding hydrogens is 211 g/mol. The van der Waals surface area contributed by atoms with Crippen LogP contribution in [-0.2, 0) is 11.2 Å². The van der Waals surface area contributed by atoms with E-state index in [0.29, 0.717) is 12.0 Å². The Hall–Kier alpha value is -1.84. The van der Waals surface area contributed by atoms with Gasteiger partial charge in [0, 0.05) is 11.6 Å². The van der Waals surface area contributed by atoms with Gasteiger partial charge in [0.2, 0.25) is 0 Å². The van der Waals surface area contributed by atoms with E-state index in [0.717, 1.165) is 6.08 Å². The summed E-state index contributed by atoms with van der Waals surface area (Å²) in [6.07, 6.45) is 1.43. The number of rotatable bonds is 4. The predicted molar refractivity (Wildman–Crippen MR) is 58.2 cm³/mol. The molecule has 0 bridgehead atoms. The Balaban J connectivity index is 3.15. The fourth-order valence-electron chi connectivity index (χ4n) is 1.31. The van der Waals surface area contributed by atoms with Crippen molar-refractivity contribution in [1.29, 1.82) is 0 Å². The van der Waals surface area contributed by atoms with E-state index in [1.807, 2.05) is 0 Å². The maximum absolute atomic E-state index is 13.7. The molecule has 4 heteroatoms. The molecular formula is C12H13FO3. The zero-order valence-corrected chi connectivity index (χ0v) is 9.25. The van der Waals surface area contributed by atoms with Crippen molar-refractivity contribution in [2.45, 2.75) is 13.3 Å². The Morgan fingerprint density at radius 2 is 2.12 bits per heavy atom. The van der Waals surface area contributed by atoms with Gasteiger partial charge in [-0.1, -0.05) is 13.5 Å².